The molecular formula is C15H18BrN3. The monoisotopic (exact) mass is 319 g/mol. The molecule has 0 saturated heterocycles. The van der Waals surface area contributed by atoms with Gasteiger partial charge in [0.25, 0.3) is 0 Å². The van der Waals surface area contributed by atoms with E-state index in [9.17, 15) is 0 Å². The van der Waals surface area contributed by atoms with Crippen LogP contribution in [0.25, 0.3) is 0 Å². The lowest BCUT2D eigenvalue weighted by molar-refractivity contribution is 0.891. The van der Waals surface area contributed by atoms with Crippen LogP contribution in [0.1, 0.15) is 16.7 Å². The largest absolute Gasteiger partial charge is 0.355 e. The number of benzene rings is 1. The van der Waals surface area contributed by atoms with Gasteiger partial charge in [-0.15, -0.1) is 0 Å². The number of rotatable bonds is 4. The molecule has 1 aromatic heterocycles. The highest BCUT2D eigenvalue weighted by Crippen LogP contribution is 2.20. The summed E-state index contributed by atoms with van der Waals surface area (Å²) >= 11 is 3.47. The third kappa shape index (κ3) is 3.55. The molecule has 2 rings (SSSR count). The van der Waals surface area contributed by atoms with Gasteiger partial charge in [-0.2, -0.15) is 0 Å². The molecule has 0 atom stereocenters. The minimum absolute atomic E-state index is 0.577. The summed E-state index contributed by atoms with van der Waals surface area (Å²) in [5.74, 6) is 0.971. The zero-order valence-corrected chi connectivity index (χ0v) is 12.8. The summed E-state index contributed by atoms with van der Waals surface area (Å²) in [5, 5.41) is 0. The minimum Gasteiger partial charge on any atom is -0.355 e. The molecule has 3 nitrogen and oxygen atoms in total. The molecule has 1 heterocycles. The number of aryl methyl sites for hydroxylation is 1. The number of halogens is 1. The van der Waals surface area contributed by atoms with E-state index in [1.165, 1.54) is 11.1 Å². The molecule has 0 aliphatic rings. The standard InChI is InChI=1S/C15H18BrN3/c1-11-6-15(18-9-14(11)16)19(2)10-13-5-3-4-12(7-13)8-17/h3-7,9H,8,10,17H2,1-2H3. The molecule has 0 spiro atoms. The fourth-order valence-corrected chi connectivity index (χ4v) is 2.16. The summed E-state index contributed by atoms with van der Waals surface area (Å²) in [6.07, 6.45) is 1.84. The zero-order valence-electron chi connectivity index (χ0n) is 11.2. The molecule has 100 valence electrons. The maximum Gasteiger partial charge on any atom is 0.128 e. The van der Waals surface area contributed by atoms with Crippen LogP contribution >= 0.6 is 15.9 Å². The molecule has 0 aliphatic carbocycles. The van der Waals surface area contributed by atoms with Gasteiger partial charge < -0.3 is 10.6 Å². The van der Waals surface area contributed by atoms with Gasteiger partial charge in [-0.05, 0) is 45.6 Å². The summed E-state index contributed by atoms with van der Waals surface area (Å²) in [5.41, 5.74) is 9.26. The van der Waals surface area contributed by atoms with Crippen LogP contribution in [0.15, 0.2) is 41.0 Å². The van der Waals surface area contributed by atoms with E-state index in [4.69, 9.17) is 5.73 Å². The van der Waals surface area contributed by atoms with Crippen molar-refractivity contribution in [3.63, 3.8) is 0 Å². The fourth-order valence-electron chi connectivity index (χ4n) is 1.94. The van der Waals surface area contributed by atoms with Crippen molar-refractivity contribution in [2.75, 3.05) is 11.9 Å². The molecule has 0 saturated carbocycles. The predicted molar refractivity (Wildman–Crippen MR) is 83.1 cm³/mol. The van der Waals surface area contributed by atoms with Crippen LogP contribution in [-0.2, 0) is 13.1 Å². The third-order valence-electron chi connectivity index (χ3n) is 3.07. The first kappa shape index (κ1) is 14.0. The number of pyridine rings is 1. The number of nitrogens with zero attached hydrogens (tertiary/aromatic N) is 2. The fraction of sp³-hybridized carbons (Fsp3) is 0.267. The number of anilines is 1. The lowest BCUT2D eigenvalue weighted by Crippen LogP contribution is -2.18. The van der Waals surface area contributed by atoms with E-state index in [0.717, 1.165) is 22.4 Å². The van der Waals surface area contributed by atoms with E-state index < -0.39 is 0 Å². The predicted octanol–water partition coefficient (Wildman–Crippen LogP) is 3.25. The number of aromatic nitrogens is 1. The van der Waals surface area contributed by atoms with Crippen molar-refractivity contribution in [3.05, 3.63) is 57.7 Å². The minimum atomic E-state index is 0.577. The first-order valence-corrected chi connectivity index (χ1v) is 7.00. The Morgan fingerprint density at radius 3 is 2.68 bits per heavy atom. The Kier molecular flexibility index (Phi) is 4.56. The van der Waals surface area contributed by atoms with Gasteiger partial charge in [0, 0.05) is 30.8 Å². The molecule has 0 aliphatic heterocycles. The summed E-state index contributed by atoms with van der Waals surface area (Å²) < 4.78 is 1.04. The van der Waals surface area contributed by atoms with E-state index in [0.29, 0.717) is 6.54 Å². The molecule has 0 amide bonds. The van der Waals surface area contributed by atoms with Crippen LogP contribution < -0.4 is 10.6 Å². The Morgan fingerprint density at radius 1 is 1.26 bits per heavy atom. The molecule has 2 N–H and O–H groups in total. The number of nitrogens with two attached hydrogens (primary N) is 1. The zero-order chi connectivity index (χ0) is 13.8. The summed E-state index contributed by atoms with van der Waals surface area (Å²) in [6.45, 7) is 3.47. The molecule has 0 fully saturated rings. The van der Waals surface area contributed by atoms with E-state index in [1.807, 2.05) is 25.4 Å². The first-order valence-electron chi connectivity index (χ1n) is 6.21. The lowest BCUT2D eigenvalue weighted by atomic mass is 10.1. The maximum atomic E-state index is 5.67. The van der Waals surface area contributed by atoms with Gasteiger partial charge in [0.15, 0.2) is 0 Å². The summed E-state index contributed by atoms with van der Waals surface area (Å²) in [7, 11) is 2.05. The molecule has 19 heavy (non-hydrogen) atoms. The molecule has 1 aromatic carbocycles. The van der Waals surface area contributed by atoms with Crippen molar-refractivity contribution in [3.8, 4) is 0 Å². The van der Waals surface area contributed by atoms with E-state index in [1.54, 1.807) is 0 Å². The summed E-state index contributed by atoms with van der Waals surface area (Å²) in [6, 6.07) is 10.4. The normalized spacial score (nSPS) is 10.5. The quantitative estimate of drug-likeness (QED) is 0.940. The Morgan fingerprint density at radius 2 is 2.00 bits per heavy atom. The van der Waals surface area contributed by atoms with E-state index >= 15 is 0 Å². The van der Waals surface area contributed by atoms with Gasteiger partial charge in [0.05, 0.1) is 0 Å². The van der Waals surface area contributed by atoms with Gasteiger partial charge >= 0.3 is 0 Å². The van der Waals surface area contributed by atoms with Crippen LogP contribution in [0.3, 0.4) is 0 Å². The smallest absolute Gasteiger partial charge is 0.128 e. The Bertz CT molecular complexity index is 569. The Labute approximate surface area is 122 Å². The number of hydrogen-bond acceptors (Lipinski definition) is 3. The Balaban J connectivity index is 2.15. The van der Waals surface area contributed by atoms with Crippen LogP contribution in [0.5, 0.6) is 0 Å². The third-order valence-corrected chi connectivity index (χ3v) is 3.90. The van der Waals surface area contributed by atoms with Gasteiger partial charge in [0.2, 0.25) is 0 Å². The van der Waals surface area contributed by atoms with Gasteiger partial charge in [-0.25, -0.2) is 4.98 Å². The van der Waals surface area contributed by atoms with Crippen molar-refractivity contribution < 1.29 is 0 Å². The van der Waals surface area contributed by atoms with Gasteiger partial charge in [-0.3, -0.25) is 0 Å². The van der Waals surface area contributed by atoms with E-state index in [2.05, 4.69) is 50.9 Å². The average Bonchev–Trinajstić information content (AvgIpc) is 2.42. The molecular weight excluding hydrogens is 302 g/mol. The van der Waals surface area contributed by atoms with Crippen molar-refractivity contribution in [1.29, 1.82) is 0 Å². The maximum absolute atomic E-state index is 5.67. The first-order chi connectivity index (χ1) is 9.10. The van der Waals surface area contributed by atoms with Gasteiger partial charge in [-0.1, -0.05) is 24.3 Å². The van der Waals surface area contributed by atoms with Gasteiger partial charge in [0.1, 0.15) is 5.82 Å². The molecule has 0 bridgehead atoms. The van der Waals surface area contributed by atoms with Crippen LogP contribution in [0.4, 0.5) is 5.82 Å². The topological polar surface area (TPSA) is 42.1 Å². The van der Waals surface area contributed by atoms with Crippen LogP contribution in [0.2, 0.25) is 0 Å². The highest BCUT2D eigenvalue weighted by atomic mass is 79.9. The van der Waals surface area contributed by atoms with Crippen LogP contribution in [-0.4, -0.2) is 12.0 Å². The van der Waals surface area contributed by atoms with E-state index in [-0.39, 0.29) is 0 Å². The second-order valence-corrected chi connectivity index (χ2v) is 5.53. The molecule has 4 heteroatoms. The van der Waals surface area contributed by atoms with Crippen LogP contribution in [0, 0.1) is 6.92 Å². The average molecular weight is 320 g/mol. The van der Waals surface area contributed by atoms with Crippen molar-refractivity contribution in [2.45, 2.75) is 20.0 Å². The molecule has 0 unspecified atom stereocenters. The summed E-state index contributed by atoms with van der Waals surface area (Å²) in [4.78, 5) is 6.57. The second kappa shape index (κ2) is 6.17. The number of hydrogen-bond donors (Lipinski definition) is 1. The Hall–Kier alpha value is -1.39. The second-order valence-electron chi connectivity index (χ2n) is 4.67. The SMILES string of the molecule is Cc1cc(N(C)Cc2cccc(CN)c2)ncc1Br. The van der Waals surface area contributed by atoms with Crippen molar-refractivity contribution in [1.82, 2.24) is 4.98 Å². The van der Waals surface area contributed by atoms with Crippen molar-refractivity contribution in [2.24, 2.45) is 5.73 Å². The molecule has 2 aromatic rings. The lowest BCUT2D eigenvalue weighted by Gasteiger charge is -2.19. The highest BCUT2D eigenvalue weighted by molar-refractivity contribution is 9.10. The molecule has 0 radical (unpaired) electrons. The van der Waals surface area contributed by atoms with Crippen molar-refractivity contribution >= 4 is 21.7 Å². The highest BCUT2D eigenvalue weighted by Gasteiger charge is 2.06.